The molecule has 1 aliphatic rings. The van der Waals surface area contributed by atoms with Crippen molar-refractivity contribution in [2.24, 2.45) is 0 Å². The molecule has 2 heterocycles. The summed E-state index contributed by atoms with van der Waals surface area (Å²) >= 11 is 0.935. The summed E-state index contributed by atoms with van der Waals surface area (Å²) in [4.78, 5) is 23.3. The van der Waals surface area contributed by atoms with Crippen LogP contribution in [-0.2, 0) is 11.3 Å². The van der Waals surface area contributed by atoms with Crippen LogP contribution in [0.4, 0.5) is 4.79 Å². The molecule has 1 N–H and O–H groups in total. The predicted octanol–water partition coefficient (Wildman–Crippen LogP) is 3.54. The van der Waals surface area contributed by atoms with Gasteiger partial charge in [0.25, 0.3) is 11.1 Å². The van der Waals surface area contributed by atoms with E-state index in [0.717, 1.165) is 40.3 Å². The number of nitrogens with zero attached hydrogens (tertiary/aromatic N) is 1. The van der Waals surface area contributed by atoms with E-state index < -0.39 is 0 Å². The van der Waals surface area contributed by atoms with Gasteiger partial charge in [-0.2, -0.15) is 0 Å². The zero-order valence-electron chi connectivity index (χ0n) is 11.6. The summed E-state index contributed by atoms with van der Waals surface area (Å²) in [6.45, 7) is 6.64. The fourth-order valence-corrected chi connectivity index (χ4v) is 3.05. The van der Waals surface area contributed by atoms with E-state index in [1.54, 1.807) is 6.08 Å². The first kappa shape index (κ1) is 13.7. The number of rotatable bonds is 3. The number of thioether (sulfide) groups is 1. The van der Waals surface area contributed by atoms with Crippen molar-refractivity contribution in [1.82, 2.24) is 9.88 Å². The van der Waals surface area contributed by atoms with E-state index in [1.807, 2.05) is 37.4 Å². The molecule has 0 spiro atoms. The molecule has 1 fully saturated rings. The summed E-state index contributed by atoms with van der Waals surface area (Å²) in [7, 11) is 0. The summed E-state index contributed by atoms with van der Waals surface area (Å²) in [5.41, 5.74) is 3.07. The maximum absolute atomic E-state index is 11.7. The van der Waals surface area contributed by atoms with Gasteiger partial charge in [-0.25, -0.2) is 0 Å². The largest absolute Gasteiger partial charge is 0.343 e. The molecule has 0 aliphatic carbocycles. The summed E-state index contributed by atoms with van der Waals surface area (Å²) in [6.07, 6.45) is 3.76. The Balaban J connectivity index is 2.11. The molecule has 106 valence electrons. The number of carbonyl (C=O) groups excluding carboxylic acids is 2. The van der Waals surface area contributed by atoms with Gasteiger partial charge in [0, 0.05) is 29.2 Å². The molecular formula is C16H14N2O2S. The summed E-state index contributed by atoms with van der Waals surface area (Å²) in [5.74, 6) is -0.332. The summed E-state index contributed by atoms with van der Waals surface area (Å²) < 4.78 is 2.10. The Morgan fingerprint density at radius 1 is 1.38 bits per heavy atom. The number of nitrogens with one attached hydrogen (secondary N) is 1. The molecule has 0 bridgehead atoms. The maximum atomic E-state index is 11.7. The van der Waals surface area contributed by atoms with E-state index in [1.165, 1.54) is 0 Å². The Bertz CT molecular complexity index is 802. The van der Waals surface area contributed by atoms with Gasteiger partial charge in [0.15, 0.2) is 0 Å². The maximum Gasteiger partial charge on any atom is 0.290 e. The standard InChI is InChI=1S/C16H14N2O2S/c1-10(2)8-18-9-11(12-5-3-4-6-13(12)18)7-14-15(19)17-16(20)21-14/h3-7,9H,1,8H2,2H3,(H,17,19,20)/b14-7-. The first-order valence-electron chi connectivity index (χ1n) is 6.52. The lowest BCUT2D eigenvalue weighted by molar-refractivity contribution is -0.115. The molecule has 21 heavy (non-hydrogen) atoms. The Morgan fingerprint density at radius 3 is 2.81 bits per heavy atom. The van der Waals surface area contributed by atoms with Crippen molar-refractivity contribution in [3.05, 3.63) is 53.1 Å². The number of hydrogen-bond donors (Lipinski definition) is 1. The Labute approximate surface area is 126 Å². The minimum Gasteiger partial charge on any atom is -0.343 e. The quantitative estimate of drug-likeness (QED) is 0.696. The van der Waals surface area contributed by atoms with E-state index in [9.17, 15) is 9.59 Å². The van der Waals surface area contributed by atoms with Gasteiger partial charge in [0.2, 0.25) is 0 Å². The van der Waals surface area contributed by atoms with Crippen LogP contribution in [0.3, 0.4) is 0 Å². The number of hydrogen-bond acceptors (Lipinski definition) is 3. The van der Waals surface area contributed by atoms with Crippen LogP contribution >= 0.6 is 11.8 Å². The Kier molecular flexibility index (Phi) is 3.43. The highest BCUT2D eigenvalue weighted by Crippen LogP contribution is 2.29. The van der Waals surface area contributed by atoms with E-state index in [-0.39, 0.29) is 11.1 Å². The van der Waals surface area contributed by atoms with Crippen molar-refractivity contribution in [1.29, 1.82) is 0 Å². The lowest BCUT2D eigenvalue weighted by Gasteiger charge is -2.03. The van der Waals surface area contributed by atoms with Crippen LogP contribution in [0.2, 0.25) is 0 Å². The number of benzene rings is 1. The van der Waals surface area contributed by atoms with Crippen LogP contribution in [0.1, 0.15) is 12.5 Å². The zero-order valence-corrected chi connectivity index (χ0v) is 12.4. The lowest BCUT2D eigenvalue weighted by atomic mass is 10.1. The van der Waals surface area contributed by atoms with Crippen molar-refractivity contribution in [2.75, 3.05) is 0 Å². The zero-order chi connectivity index (χ0) is 15.0. The minimum absolute atomic E-state index is 0.322. The number of imide groups is 1. The molecule has 0 atom stereocenters. The van der Waals surface area contributed by atoms with Crippen molar-refractivity contribution in [3.8, 4) is 0 Å². The van der Waals surface area contributed by atoms with Crippen LogP contribution < -0.4 is 5.32 Å². The molecule has 4 nitrogen and oxygen atoms in total. The number of carbonyl (C=O) groups is 2. The molecule has 0 radical (unpaired) electrons. The average molecular weight is 298 g/mol. The lowest BCUT2D eigenvalue weighted by Crippen LogP contribution is -2.17. The van der Waals surface area contributed by atoms with E-state index in [0.29, 0.717) is 4.91 Å². The third kappa shape index (κ3) is 2.64. The first-order valence-corrected chi connectivity index (χ1v) is 7.33. The number of allylic oxidation sites excluding steroid dienone is 1. The Hall–Kier alpha value is -2.27. The number of aromatic nitrogens is 1. The van der Waals surface area contributed by atoms with Gasteiger partial charge in [-0.3, -0.25) is 14.9 Å². The molecule has 1 aromatic heterocycles. The topological polar surface area (TPSA) is 51.1 Å². The Morgan fingerprint density at radius 2 is 2.14 bits per heavy atom. The van der Waals surface area contributed by atoms with E-state index in [4.69, 9.17) is 0 Å². The third-order valence-corrected chi connectivity index (χ3v) is 4.00. The fraction of sp³-hybridized carbons (Fsp3) is 0.125. The third-order valence-electron chi connectivity index (χ3n) is 3.19. The van der Waals surface area contributed by atoms with Gasteiger partial charge < -0.3 is 4.57 Å². The van der Waals surface area contributed by atoms with Crippen LogP contribution in [0.25, 0.3) is 17.0 Å². The molecular weight excluding hydrogens is 284 g/mol. The van der Waals surface area contributed by atoms with Crippen LogP contribution in [-0.4, -0.2) is 15.7 Å². The molecule has 3 rings (SSSR count). The van der Waals surface area contributed by atoms with Gasteiger partial charge >= 0.3 is 0 Å². The van der Waals surface area contributed by atoms with Crippen molar-refractivity contribution < 1.29 is 9.59 Å². The van der Waals surface area contributed by atoms with Gasteiger partial charge in [-0.05, 0) is 30.8 Å². The second-order valence-corrected chi connectivity index (χ2v) is 6.05. The smallest absolute Gasteiger partial charge is 0.290 e. The van der Waals surface area contributed by atoms with Crippen LogP contribution in [0, 0.1) is 0 Å². The molecule has 1 saturated heterocycles. The molecule has 2 aromatic rings. The number of para-hydroxylation sites is 1. The average Bonchev–Trinajstić information content (AvgIpc) is 2.91. The molecule has 0 saturated carbocycles. The van der Waals surface area contributed by atoms with Crippen LogP contribution in [0.15, 0.2) is 47.5 Å². The van der Waals surface area contributed by atoms with Gasteiger partial charge in [-0.1, -0.05) is 30.4 Å². The highest BCUT2D eigenvalue weighted by molar-refractivity contribution is 8.18. The molecule has 1 aromatic carbocycles. The molecule has 5 heteroatoms. The first-order chi connectivity index (χ1) is 10.0. The van der Waals surface area contributed by atoms with Gasteiger partial charge in [-0.15, -0.1) is 0 Å². The predicted molar refractivity (Wildman–Crippen MR) is 85.9 cm³/mol. The number of amides is 2. The van der Waals surface area contributed by atoms with E-state index >= 15 is 0 Å². The molecule has 1 aliphatic heterocycles. The normalized spacial score (nSPS) is 16.7. The van der Waals surface area contributed by atoms with Crippen molar-refractivity contribution in [2.45, 2.75) is 13.5 Å². The monoisotopic (exact) mass is 298 g/mol. The van der Waals surface area contributed by atoms with E-state index in [2.05, 4.69) is 16.5 Å². The van der Waals surface area contributed by atoms with Crippen molar-refractivity contribution in [3.63, 3.8) is 0 Å². The summed E-state index contributed by atoms with van der Waals surface area (Å²) in [6, 6.07) is 7.99. The number of fused-ring (bicyclic) bond motifs is 1. The molecule has 0 unspecified atom stereocenters. The van der Waals surface area contributed by atoms with Gasteiger partial charge in [0.1, 0.15) is 0 Å². The highest BCUT2D eigenvalue weighted by atomic mass is 32.2. The van der Waals surface area contributed by atoms with Crippen LogP contribution in [0.5, 0.6) is 0 Å². The second-order valence-electron chi connectivity index (χ2n) is 5.04. The SMILES string of the molecule is C=C(C)Cn1cc(/C=C2\SC(=O)NC2=O)c2ccccc21. The van der Waals surface area contributed by atoms with Gasteiger partial charge in [0.05, 0.1) is 4.91 Å². The van der Waals surface area contributed by atoms with Crippen molar-refractivity contribution >= 4 is 39.9 Å². The highest BCUT2D eigenvalue weighted by Gasteiger charge is 2.25. The fourth-order valence-electron chi connectivity index (χ4n) is 2.37. The minimum atomic E-state index is -0.332. The molecule has 2 amide bonds. The second kappa shape index (κ2) is 5.26. The summed E-state index contributed by atoms with van der Waals surface area (Å²) in [5, 5.41) is 3.00.